The van der Waals surface area contributed by atoms with Gasteiger partial charge in [0.05, 0.1) is 19.9 Å². The van der Waals surface area contributed by atoms with Gasteiger partial charge in [-0.1, -0.05) is 32.0 Å². The number of hydrogen-bond acceptors (Lipinski definition) is 8. The number of ether oxygens (including phenoxy) is 3. The van der Waals surface area contributed by atoms with Crippen molar-refractivity contribution in [3.8, 4) is 34.3 Å². The van der Waals surface area contributed by atoms with Gasteiger partial charge >= 0.3 is 0 Å². The molecule has 0 aliphatic heterocycles. The molecule has 0 aliphatic rings. The van der Waals surface area contributed by atoms with Crippen molar-refractivity contribution in [2.45, 2.75) is 24.8 Å². The normalized spacial score (nSPS) is 11.2. The van der Waals surface area contributed by atoms with Gasteiger partial charge in [-0.3, -0.25) is 9.71 Å². The maximum Gasteiger partial charge on any atom is 0.280 e. The molecular formula is C26H26N4O5S. The molecular weight excluding hydrogens is 480 g/mol. The Morgan fingerprint density at radius 1 is 0.889 bits per heavy atom. The van der Waals surface area contributed by atoms with Crippen LogP contribution in [0.25, 0.3) is 11.3 Å². The van der Waals surface area contributed by atoms with Crippen LogP contribution in [-0.4, -0.2) is 37.6 Å². The van der Waals surface area contributed by atoms with Crippen molar-refractivity contribution in [3.63, 3.8) is 0 Å². The Labute approximate surface area is 210 Å². The van der Waals surface area contributed by atoms with Crippen LogP contribution in [0.4, 0.5) is 5.82 Å². The SMILES string of the molecule is COc1ccccc1Oc1c(OC)cc(-c2ccncc2)nc1NS(=O)(=O)c1ccc(C(C)C)cn1. The molecule has 0 atom stereocenters. The molecule has 10 heteroatoms. The number of nitrogens with one attached hydrogen (secondary N) is 1. The molecule has 0 saturated heterocycles. The monoisotopic (exact) mass is 506 g/mol. The number of sulfonamides is 1. The predicted molar refractivity (Wildman–Crippen MR) is 136 cm³/mol. The molecule has 36 heavy (non-hydrogen) atoms. The molecule has 0 aliphatic carbocycles. The lowest BCUT2D eigenvalue weighted by atomic mass is 10.1. The van der Waals surface area contributed by atoms with Crippen LogP contribution in [0, 0.1) is 0 Å². The van der Waals surface area contributed by atoms with Gasteiger partial charge in [0.15, 0.2) is 28.1 Å². The van der Waals surface area contributed by atoms with Crippen LogP contribution in [0.3, 0.4) is 0 Å². The summed E-state index contributed by atoms with van der Waals surface area (Å²) in [5, 5.41) is -0.148. The van der Waals surface area contributed by atoms with Crippen LogP contribution in [0.15, 0.2) is 78.2 Å². The molecule has 1 aromatic carbocycles. The van der Waals surface area contributed by atoms with Gasteiger partial charge in [-0.25, -0.2) is 9.97 Å². The summed E-state index contributed by atoms with van der Waals surface area (Å²) in [5.74, 6) is 1.30. The third-order valence-electron chi connectivity index (χ3n) is 5.35. The summed E-state index contributed by atoms with van der Waals surface area (Å²) in [6.07, 6.45) is 4.78. The molecule has 0 unspecified atom stereocenters. The summed E-state index contributed by atoms with van der Waals surface area (Å²) >= 11 is 0. The van der Waals surface area contributed by atoms with Gasteiger partial charge in [-0.2, -0.15) is 8.42 Å². The second-order valence-electron chi connectivity index (χ2n) is 8.07. The Hall–Kier alpha value is -4.18. The van der Waals surface area contributed by atoms with Crippen molar-refractivity contribution in [1.29, 1.82) is 0 Å². The zero-order valence-corrected chi connectivity index (χ0v) is 21.1. The van der Waals surface area contributed by atoms with Crippen LogP contribution in [0.2, 0.25) is 0 Å². The van der Waals surface area contributed by atoms with E-state index in [1.54, 1.807) is 67.1 Å². The van der Waals surface area contributed by atoms with Gasteiger partial charge in [0.1, 0.15) is 0 Å². The number of methoxy groups -OCH3 is 2. The fourth-order valence-electron chi connectivity index (χ4n) is 3.38. The van der Waals surface area contributed by atoms with E-state index in [9.17, 15) is 8.42 Å². The van der Waals surface area contributed by atoms with E-state index in [4.69, 9.17) is 14.2 Å². The molecule has 0 radical (unpaired) electrons. The molecule has 4 rings (SSSR count). The lowest BCUT2D eigenvalue weighted by molar-refractivity contribution is 0.357. The van der Waals surface area contributed by atoms with Crippen molar-refractivity contribution < 1.29 is 22.6 Å². The van der Waals surface area contributed by atoms with Gasteiger partial charge in [0, 0.05) is 30.2 Å². The van der Waals surface area contributed by atoms with Crippen LogP contribution in [0.1, 0.15) is 25.3 Å². The average Bonchev–Trinajstić information content (AvgIpc) is 2.90. The Balaban J connectivity index is 1.83. The smallest absolute Gasteiger partial charge is 0.280 e. The van der Waals surface area contributed by atoms with Crippen molar-refractivity contribution in [2.24, 2.45) is 0 Å². The minimum absolute atomic E-state index is 0.0678. The Bertz CT molecular complexity index is 1440. The van der Waals surface area contributed by atoms with Gasteiger partial charge in [-0.05, 0) is 41.8 Å². The second-order valence-corrected chi connectivity index (χ2v) is 9.70. The Kier molecular flexibility index (Phi) is 7.35. The first-order chi connectivity index (χ1) is 17.3. The molecule has 0 fully saturated rings. The standard InChI is InChI=1S/C26H26N4O5S/c1-17(2)19-9-10-24(28-16-19)36(31,32)30-26-25(35-22-8-6-5-7-21(22)33-3)23(34-4)15-20(29-26)18-11-13-27-14-12-18/h5-17H,1-4H3,(H,29,30). The zero-order valence-electron chi connectivity index (χ0n) is 20.3. The topological polar surface area (TPSA) is 113 Å². The molecule has 0 spiro atoms. The average molecular weight is 507 g/mol. The van der Waals surface area contributed by atoms with Gasteiger partial charge in [0.2, 0.25) is 5.75 Å². The summed E-state index contributed by atoms with van der Waals surface area (Å²) in [6, 6.07) is 15.4. The third kappa shape index (κ3) is 5.38. The maximum absolute atomic E-state index is 13.3. The summed E-state index contributed by atoms with van der Waals surface area (Å²) in [7, 11) is -1.14. The Morgan fingerprint density at radius 2 is 1.58 bits per heavy atom. The van der Waals surface area contributed by atoms with Crippen LogP contribution < -0.4 is 18.9 Å². The molecule has 3 heterocycles. The highest BCUT2D eigenvalue weighted by molar-refractivity contribution is 7.92. The first-order valence-electron chi connectivity index (χ1n) is 11.1. The molecule has 0 saturated carbocycles. The number of rotatable bonds is 9. The quantitative estimate of drug-likeness (QED) is 0.327. The van der Waals surface area contributed by atoms with E-state index in [0.29, 0.717) is 22.8 Å². The highest BCUT2D eigenvalue weighted by Crippen LogP contribution is 2.43. The van der Waals surface area contributed by atoms with Gasteiger partial charge in [-0.15, -0.1) is 0 Å². The van der Waals surface area contributed by atoms with Crippen molar-refractivity contribution in [2.75, 3.05) is 18.9 Å². The molecule has 4 aromatic rings. The van der Waals surface area contributed by atoms with E-state index in [1.165, 1.54) is 20.3 Å². The minimum Gasteiger partial charge on any atom is -0.493 e. The number of para-hydroxylation sites is 2. The Morgan fingerprint density at radius 3 is 2.19 bits per heavy atom. The van der Waals surface area contributed by atoms with E-state index in [0.717, 1.165) is 5.56 Å². The molecule has 0 bridgehead atoms. The van der Waals surface area contributed by atoms with Gasteiger partial charge in [0.25, 0.3) is 10.0 Å². The number of anilines is 1. The van der Waals surface area contributed by atoms with E-state index in [2.05, 4.69) is 19.7 Å². The fraction of sp³-hybridized carbons (Fsp3) is 0.192. The molecule has 3 aromatic heterocycles. The molecule has 9 nitrogen and oxygen atoms in total. The molecule has 0 amide bonds. The maximum atomic E-state index is 13.3. The number of aromatic nitrogens is 3. The second kappa shape index (κ2) is 10.6. The number of benzene rings is 1. The van der Waals surface area contributed by atoms with Crippen LogP contribution >= 0.6 is 0 Å². The van der Waals surface area contributed by atoms with E-state index < -0.39 is 10.0 Å². The summed E-state index contributed by atoms with van der Waals surface area (Å²) in [6.45, 7) is 4.01. The van der Waals surface area contributed by atoms with E-state index >= 15 is 0 Å². The third-order valence-corrected chi connectivity index (χ3v) is 6.60. The minimum atomic E-state index is -4.11. The van der Waals surface area contributed by atoms with E-state index in [-0.39, 0.29) is 28.3 Å². The largest absolute Gasteiger partial charge is 0.493 e. The van der Waals surface area contributed by atoms with Crippen molar-refractivity contribution in [1.82, 2.24) is 15.0 Å². The van der Waals surface area contributed by atoms with Crippen molar-refractivity contribution >= 4 is 15.8 Å². The highest BCUT2D eigenvalue weighted by Gasteiger charge is 2.24. The number of hydrogen-bond donors (Lipinski definition) is 1. The summed E-state index contributed by atoms with van der Waals surface area (Å²) in [5.41, 5.74) is 2.10. The van der Waals surface area contributed by atoms with Crippen LogP contribution in [-0.2, 0) is 10.0 Å². The number of nitrogens with zero attached hydrogens (tertiary/aromatic N) is 3. The fourth-order valence-corrected chi connectivity index (χ4v) is 4.32. The first-order valence-corrected chi connectivity index (χ1v) is 12.6. The van der Waals surface area contributed by atoms with Crippen LogP contribution in [0.5, 0.6) is 23.0 Å². The van der Waals surface area contributed by atoms with E-state index in [1.807, 2.05) is 13.8 Å². The number of pyridine rings is 3. The predicted octanol–water partition coefficient (Wildman–Crippen LogP) is 5.27. The summed E-state index contributed by atoms with van der Waals surface area (Å²) < 4.78 is 46.2. The highest BCUT2D eigenvalue weighted by atomic mass is 32.2. The summed E-state index contributed by atoms with van der Waals surface area (Å²) in [4.78, 5) is 12.8. The molecule has 1 N–H and O–H groups in total. The van der Waals surface area contributed by atoms with Gasteiger partial charge < -0.3 is 14.2 Å². The lowest BCUT2D eigenvalue weighted by Gasteiger charge is -2.18. The first kappa shape index (κ1) is 24.9. The van der Waals surface area contributed by atoms with Crippen molar-refractivity contribution in [3.05, 3.63) is 78.8 Å². The lowest BCUT2D eigenvalue weighted by Crippen LogP contribution is -2.16. The molecule has 186 valence electrons. The zero-order chi connectivity index (χ0) is 25.7.